The largest absolute Gasteiger partial charge is 0.354 e. The van der Waals surface area contributed by atoms with Crippen LogP contribution in [0.1, 0.15) is 0 Å². The SMILES string of the molecule is CS(=O)(=O)Nc1ccc(S(N)(=O)=O)cc1Nc1ccc(F)cc1. The molecule has 0 fully saturated rings. The maximum absolute atomic E-state index is 12.9. The number of nitrogens with one attached hydrogen (secondary N) is 2. The molecule has 0 amide bonds. The van der Waals surface area contributed by atoms with Crippen molar-refractivity contribution in [1.82, 2.24) is 0 Å². The standard InChI is InChI=1S/C13H14FN3O4S2/c1-22(18,19)17-12-7-6-11(23(15,20)21)8-13(12)16-10-4-2-9(14)3-5-10/h2-8,16-17H,1H3,(H2,15,20,21). The number of sulfonamides is 2. The summed E-state index contributed by atoms with van der Waals surface area (Å²) in [5.41, 5.74) is 0.729. The molecule has 4 N–H and O–H groups in total. The second kappa shape index (κ2) is 6.14. The molecule has 0 heterocycles. The summed E-state index contributed by atoms with van der Waals surface area (Å²) < 4.78 is 60.9. The molecule has 0 aliphatic rings. The van der Waals surface area contributed by atoms with E-state index in [0.717, 1.165) is 6.26 Å². The van der Waals surface area contributed by atoms with E-state index in [2.05, 4.69) is 10.0 Å². The molecule has 23 heavy (non-hydrogen) atoms. The lowest BCUT2D eigenvalue weighted by atomic mass is 10.2. The Bertz CT molecular complexity index is 926. The molecule has 2 aromatic carbocycles. The summed E-state index contributed by atoms with van der Waals surface area (Å²) in [5, 5.41) is 7.89. The van der Waals surface area contributed by atoms with Crippen LogP contribution >= 0.6 is 0 Å². The zero-order valence-electron chi connectivity index (χ0n) is 11.9. The van der Waals surface area contributed by atoms with Gasteiger partial charge in [-0.2, -0.15) is 0 Å². The van der Waals surface area contributed by atoms with Crippen LogP contribution in [0.5, 0.6) is 0 Å². The van der Waals surface area contributed by atoms with E-state index in [1.807, 2.05) is 0 Å². The Morgan fingerprint density at radius 3 is 2.09 bits per heavy atom. The molecule has 124 valence electrons. The van der Waals surface area contributed by atoms with Crippen molar-refractivity contribution in [1.29, 1.82) is 0 Å². The van der Waals surface area contributed by atoms with Crippen LogP contribution in [-0.2, 0) is 20.0 Å². The number of benzene rings is 2. The first-order valence-corrected chi connectivity index (χ1v) is 9.65. The maximum Gasteiger partial charge on any atom is 0.238 e. The highest BCUT2D eigenvalue weighted by atomic mass is 32.2. The molecule has 0 aromatic heterocycles. The lowest BCUT2D eigenvalue weighted by Crippen LogP contribution is -2.14. The van der Waals surface area contributed by atoms with E-state index in [4.69, 9.17) is 5.14 Å². The Hall–Kier alpha value is -2.17. The number of halogens is 1. The minimum absolute atomic E-state index is 0.129. The van der Waals surface area contributed by atoms with Crippen molar-refractivity contribution >= 4 is 37.1 Å². The van der Waals surface area contributed by atoms with Gasteiger partial charge in [0.15, 0.2) is 0 Å². The zero-order chi connectivity index (χ0) is 17.3. The lowest BCUT2D eigenvalue weighted by molar-refractivity contribution is 0.597. The first kappa shape index (κ1) is 17.2. The highest BCUT2D eigenvalue weighted by Crippen LogP contribution is 2.29. The van der Waals surface area contributed by atoms with Crippen LogP contribution in [-0.4, -0.2) is 23.1 Å². The Morgan fingerprint density at radius 1 is 0.957 bits per heavy atom. The van der Waals surface area contributed by atoms with E-state index >= 15 is 0 Å². The molecule has 10 heteroatoms. The van der Waals surface area contributed by atoms with Crippen LogP contribution in [0.15, 0.2) is 47.4 Å². The third-order valence-electron chi connectivity index (χ3n) is 2.74. The van der Waals surface area contributed by atoms with Gasteiger partial charge in [0, 0.05) is 5.69 Å². The lowest BCUT2D eigenvalue weighted by Gasteiger charge is -2.14. The fourth-order valence-corrected chi connectivity index (χ4v) is 2.90. The van der Waals surface area contributed by atoms with Crippen LogP contribution in [0.2, 0.25) is 0 Å². The first-order valence-electron chi connectivity index (χ1n) is 6.22. The summed E-state index contributed by atoms with van der Waals surface area (Å²) in [6.45, 7) is 0. The number of anilines is 3. The fourth-order valence-electron chi connectivity index (χ4n) is 1.78. The van der Waals surface area contributed by atoms with E-state index in [9.17, 15) is 21.2 Å². The summed E-state index contributed by atoms with van der Waals surface area (Å²) in [7, 11) is -7.54. The van der Waals surface area contributed by atoms with Crippen molar-refractivity contribution in [2.75, 3.05) is 16.3 Å². The topological polar surface area (TPSA) is 118 Å². The summed E-state index contributed by atoms with van der Waals surface area (Å²) in [6, 6.07) is 8.88. The molecule has 2 aromatic rings. The van der Waals surface area contributed by atoms with Crippen LogP contribution < -0.4 is 15.2 Å². The molecule has 0 unspecified atom stereocenters. The Kier molecular flexibility index (Phi) is 4.59. The molecule has 0 aliphatic heterocycles. The molecule has 7 nitrogen and oxygen atoms in total. The van der Waals surface area contributed by atoms with Gasteiger partial charge >= 0.3 is 0 Å². The van der Waals surface area contributed by atoms with Crippen LogP contribution in [0, 0.1) is 5.82 Å². The Morgan fingerprint density at radius 2 is 1.57 bits per heavy atom. The van der Waals surface area contributed by atoms with Gasteiger partial charge < -0.3 is 5.32 Å². The van der Waals surface area contributed by atoms with E-state index < -0.39 is 25.9 Å². The number of rotatable bonds is 5. The van der Waals surface area contributed by atoms with Crippen molar-refractivity contribution in [3.05, 3.63) is 48.3 Å². The number of primary sulfonamides is 1. The second-order valence-corrected chi connectivity index (χ2v) is 8.07. The minimum Gasteiger partial charge on any atom is -0.354 e. The predicted octanol–water partition coefficient (Wildman–Crippen LogP) is 1.59. The third-order valence-corrected chi connectivity index (χ3v) is 4.24. The average molecular weight is 359 g/mol. The van der Waals surface area contributed by atoms with Crippen molar-refractivity contribution in [3.63, 3.8) is 0 Å². The fraction of sp³-hybridized carbons (Fsp3) is 0.0769. The van der Waals surface area contributed by atoms with E-state index in [1.54, 1.807) is 0 Å². The molecule has 0 spiro atoms. The van der Waals surface area contributed by atoms with Gasteiger partial charge in [-0.1, -0.05) is 0 Å². The normalized spacial score (nSPS) is 12.0. The molecule has 0 aliphatic carbocycles. The van der Waals surface area contributed by atoms with E-state index in [-0.39, 0.29) is 16.3 Å². The van der Waals surface area contributed by atoms with Gasteiger partial charge in [0.1, 0.15) is 5.82 Å². The molecular weight excluding hydrogens is 345 g/mol. The van der Waals surface area contributed by atoms with Crippen LogP contribution in [0.25, 0.3) is 0 Å². The Labute approximate surface area is 133 Å². The Balaban J connectivity index is 2.49. The highest BCUT2D eigenvalue weighted by molar-refractivity contribution is 7.92. The van der Waals surface area contributed by atoms with Gasteiger partial charge in [-0.15, -0.1) is 0 Å². The van der Waals surface area contributed by atoms with Crippen molar-refractivity contribution < 1.29 is 21.2 Å². The van der Waals surface area contributed by atoms with Gasteiger partial charge in [-0.25, -0.2) is 26.4 Å². The molecule has 0 radical (unpaired) electrons. The van der Waals surface area contributed by atoms with Gasteiger partial charge in [-0.05, 0) is 42.5 Å². The van der Waals surface area contributed by atoms with Crippen molar-refractivity contribution in [3.8, 4) is 0 Å². The second-order valence-electron chi connectivity index (χ2n) is 4.76. The molecule has 0 saturated carbocycles. The quantitative estimate of drug-likeness (QED) is 0.749. The van der Waals surface area contributed by atoms with Gasteiger partial charge in [0.05, 0.1) is 22.5 Å². The highest BCUT2D eigenvalue weighted by Gasteiger charge is 2.14. The molecule has 0 saturated heterocycles. The predicted molar refractivity (Wildman–Crippen MR) is 86.0 cm³/mol. The number of hydrogen-bond acceptors (Lipinski definition) is 5. The summed E-state index contributed by atoms with van der Waals surface area (Å²) in [5.74, 6) is -0.441. The van der Waals surface area contributed by atoms with Crippen molar-refractivity contribution in [2.24, 2.45) is 5.14 Å². The summed E-state index contributed by atoms with van der Waals surface area (Å²) in [6.07, 6.45) is 0.961. The van der Waals surface area contributed by atoms with E-state index in [1.165, 1.54) is 42.5 Å². The van der Waals surface area contributed by atoms with Crippen LogP contribution in [0.3, 0.4) is 0 Å². The summed E-state index contributed by atoms with van der Waals surface area (Å²) in [4.78, 5) is -0.193. The maximum atomic E-state index is 12.9. The van der Waals surface area contributed by atoms with Gasteiger partial charge in [0.25, 0.3) is 0 Å². The third kappa shape index (κ3) is 4.91. The first-order chi connectivity index (χ1) is 10.5. The van der Waals surface area contributed by atoms with Crippen molar-refractivity contribution in [2.45, 2.75) is 4.90 Å². The molecule has 0 bridgehead atoms. The molecular formula is C13H14FN3O4S2. The smallest absolute Gasteiger partial charge is 0.238 e. The zero-order valence-corrected chi connectivity index (χ0v) is 13.6. The average Bonchev–Trinajstić information content (AvgIpc) is 2.40. The van der Waals surface area contributed by atoms with Crippen LogP contribution in [0.4, 0.5) is 21.5 Å². The monoisotopic (exact) mass is 359 g/mol. The van der Waals surface area contributed by atoms with E-state index in [0.29, 0.717) is 5.69 Å². The molecule has 2 rings (SSSR count). The van der Waals surface area contributed by atoms with Gasteiger partial charge in [0.2, 0.25) is 20.0 Å². The summed E-state index contributed by atoms with van der Waals surface area (Å²) >= 11 is 0. The van der Waals surface area contributed by atoms with Gasteiger partial charge in [-0.3, -0.25) is 4.72 Å². The molecule has 0 atom stereocenters. The number of nitrogens with two attached hydrogens (primary N) is 1. The number of hydrogen-bond donors (Lipinski definition) is 3. The minimum atomic E-state index is -3.96.